The maximum Gasteiger partial charge on any atom is 0.253 e. The molecule has 176 valence electrons. The van der Waals surface area contributed by atoms with Gasteiger partial charge in [-0.3, -0.25) is 4.79 Å². The fourth-order valence-electron chi connectivity index (χ4n) is 5.73. The molecule has 2 aromatic rings. The van der Waals surface area contributed by atoms with Crippen molar-refractivity contribution in [3.05, 3.63) is 59.1 Å². The molecule has 2 saturated heterocycles. The van der Waals surface area contributed by atoms with E-state index in [9.17, 15) is 4.79 Å². The molecule has 1 aliphatic carbocycles. The van der Waals surface area contributed by atoms with Crippen LogP contribution in [0.25, 0.3) is 0 Å². The lowest BCUT2D eigenvalue weighted by Crippen LogP contribution is -2.48. The van der Waals surface area contributed by atoms with E-state index in [-0.39, 0.29) is 5.91 Å². The molecule has 2 atom stereocenters. The average molecular weight is 468 g/mol. The van der Waals surface area contributed by atoms with Crippen molar-refractivity contribution in [1.82, 2.24) is 9.80 Å². The molecule has 5 nitrogen and oxygen atoms in total. The van der Waals surface area contributed by atoms with Crippen molar-refractivity contribution < 1.29 is 9.53 Å². The Hall–Kier alpha value is -2.24. The lowest BCUT2D eigenvalue weighted by Gasteiger charge is -2.36. The lowest BCUT2D eigenvalue weighted by atomic mass is 10.0. The van der Waals surface area contributed by atoms with E-state index in [1.165, 1.54) is 32.4 Å². The molecule has 1 amide bonds. The van der Waals surface area contributed by atoms with E-state index in [2.05, 4.69) is 9.80 Å². The summed E-state index contributed by atoms with van der Waals surface area (Å²) < 4.78 is 5.94. The van der Waals surface area contributed by atoms with Crippen molar-refractivity contribution in [2.24, 2.45) is 11.8 Å². The summed E-state index contributed by atoms with van der Waals surface area (Å²) in [5.41, 5.74) is 1.76. The number of anilines is 1. The minimum absolute atomic E-state index is 0.0833. The molecule has 5 rings (SSSR count). The first-order chi connectivity index (χ1) is 16.2. The van der Waals surface area contributed by atoms with E-state index >= 15 is 0 Å². The van der Waals surface area contributed by atoms with Crippen LogP contribution in [0.3, 0.4) is 0 Å². The van der Waals surface area contributed by atoms with Crippen LogP contribution in [0.2, 0.25) is 5.02 Å². The maximum absolute atomic E-state index is 12.9. The molecule has 0 N–H and O–H groups in total. The predicted molar refractivity (Wildman–Crippen MR) is 133 cm³/mol. The topological polar surface area (TPSA) is 36.0 Å². The zero-order valence-electron chi connectivity index (χ0n) is 19.3. The zero-order chi connectivity index (χ0) is 22.6. The van der Waals surface area contributed by atoms with Gasteiger partial charge >= 0.3 is 0 Å². The van der Waals surface area contributed by atoms with E-state index in [1.54, 1.807) is 0 Å². The van der Waals surface area contributed by atoms with Crippen LogP contribution in [0.5, 0.6) is 5.75 Å². The molecule has 1 saturated carbocycles. The maximum atomic E-state index is 12.9. The number of amides is 1. The van der Waals surface area contributed by atoms with Gasteiger partial charge < -0.3 is 19.4 Å². The Morgan fingerprint density at radius 2 is 1.64 bits per heavy atom. The molecule has 6 heteroatoms. The molecular weight excluding hydrogens is 434 g/mol. The number of para-hydroxylation sites is 1. The van der Waals surface area contributed by atoms with Crippen LogP contribution in [0.1, 0.15) is 36.0 Å². The lowest BCUT2D eigenvalue weighted by molar-refractivity contribution is 0.0747. The highest BCUT2D eigenvalue weighted by atomic mass is 35.5. The van der Waals surface area contributed by atoms with Crippen LogP contribution in [-0.4, -0.2) is 68.1 Å². The Labute approximate surface area is 202 Å². The van der Waals surface area contributed by atoms with Crippen molar-refractivity contribution in [1.29, 1.82) is 0 Å². The number of hydrogen-bond donors (Lipinski definition) is 0. The third-order valence-electron chi connectivity index (χ3n) is 7.55. The highest BCUT2D eigenvalue weighted by Gasteiger charge is 2.35. The predicted octanol–water partition coefficient (Wildman–Crippen LogP) is 4.80. The van der Waals surface area contributed by atoms with Crippen LogP contribution in [0, 0.1) is 11.8 Å². The van der Waals surface area contributed by atoms with Gasteiger partial charge in [0.15, 0.2) is 0 Å². The largest absolute Gasteiger partial charge is 0.494 e. The molecule has 0 radical (unpaired) electrons. The minimum Gasteiger partial charge on any atom is -0.494 e. The van der Waals surface area contributed by atoms with Crippen LogP contribution >= 0.6 is 11.6 Å². The number of likely N-dealkylation sites (tertiary alicyclic amines) is 1. The number of piperazine rings is 1. The summed E-state index contributed by atoms with van der Waals surface area (Å²) in [6, 6.07) is 15.5. The Morgan fingerprint density at radius 3 is 2.33 bits per heavy atom. The first kappa shape index (κ1) is 22.5. The van der Waals surface area contributed by atoms with Gasteiger partial charge in [0, 0.05) is 51.4 Å². The van der Waals surface area contributed by atoms with E-state index in [1.807, 2.05) is 53.4 Å². The smallest absolute Gasteiger partial charge is 0.253 e. The zero-order valence-corrected chi connectivity index (χ0v) is 20.1. The summed E-state index contributed by atoms with van der Waals surface area (Å²) in [4.78, 5) is 19.7. The molecule has 3 aliphatic rings. The van der Waals surface area contributed by atoms with Gasteiger partial charge in [0.2, 0.25) is 0 Å². The van der Waals surface area contributed by atoms with Gasteiger partial charge in [-0.05, 0) is 67.5 Å². The number of hydrogen-bond acceptors (Lipinski definition) is 4. The third kappa shape index (κ3) is 5.30. The highest BCUT2D eigenvalue weighted by molar-refractivity contribution is 6.33. The van der Waals surface area contributed by atoms with Crippen molar-refractivity contribution in [3.63, 3.8) is 0 Å². The highest BCUT2D eigenvalue weighted by Crippen LogP contribution is 2.37. The summed E-state index contributed by atoms with van der Waals surface area (Å²) >= 11 is 6.33. The molecule has 2 unspecified atom stereocenters. The van der Waals surface area contributed by atoms with E-state index in [0.717, 1.165) is 66.5 Å². The first-order valence-corrected chi connectivity index (χ1v) is 12.8. The molecule has 0 aromatic heterocycles. The molecule has 0 bridgehead atoms. The SMILES string of the molecule is O=C(c1ccc(OCCCN2CC3CCCC3C2)cc1)N1CCN(c2ccccc2Cl)CC1. The third-order valence-corrected chi connectivity index (χ3v) is 7.87. The second-order valence-corrected chi connectivity index (χ2v) is 10.1. The average Bonchev–Trinajstić information content (AvgIpc) is 3.44. The van der Waals surface area contributed by atoms with Crippen molar-refractivity contribution in [3.8, 4) is 5.75 Å². The van der Waals surface area contributed by atoms with Crippen molar-refractivity contribution >= 4 is 23.2 Å². The monoisotopic (exact) mass is 467 g/mol. The Kier molecular flexibility index (Phi) is 7.07. The quantitative estimate of drug-likeness (QED) is 0.548. The Bertz CT molecular complexity index is 931. The van der Waals surface area contributed by atoms with E-state index in [0.29, 0.717) is 13.1 Å². The number of benzene rings is 2. The van der Waals surface area contributed by atoms with Gasteiger partial charge in [0.25, 0.3) is 5.91 Å². The number of carbonyl (C=O) groups is 1. The molecular formula is C27H34ClN3O2. The van der Waals surface area contributed by atoms with Crippen LogP contribution in [-0.2, 0) is 0 Å². The number of carbonyl (C=O) groups excluding carboxylic acids is 1. The van der Waals surface area contributed by atoms with E-state index < -0.39 is 0 Å². The molecule has 2 aromatic carbocycles. The molecule has 33 heavy (non-hydrogen) atoms. The van der Waals surface area contributed by atoms with Crippen LogP contribution in [0.4, 0.5) is 5.69 Å². The van der Waals surface area contributed by atoms with Gasteiger partial charge in [0.05, 0.1) is 17.3 Å². The van der Waals surface area contributed by atoms with E-state index in [4.69, 9.17) is 16.3 Å². The van der Waals surface area contributed by atoms with Crippen molar-refractivity contribution in [2.45, 2.75) is 25.7 Å². The van der Waals surface area contributed by atoms with Gasteiger partial charge in [0.1, 0.15) is 5.75 Å². The summed E-state index contributed by atoms with van der Waals surface area (Å²) in [5.74, 6) is 2.83. The number of nitrogens with zero attached hydrogens (tertiary/aromatic N) is 3. The van der Waals surface area contributed by atoms with Crippen LogP contribution < -0.4 is 9.64 Å². The second-order valence-electron chi connectivity index (χ2n) is 9.67. The summed E-state index contributed by atoms with van der Waals surface area (Å²) in [5, 5.41) is 0.760. The number of fused-ring (bicyclic) bond motifs is 1. The van der Waals surface area contributed by atoms with Gasteiger partial charge in [-0.2, -0.15) is 0 Å². The fraction of sp³-hybridized carbons (Fsp3) is 0.519. The fourth-order valence-corrected chi connectivity index (χ4v) is 5.98. The van der Waals surface area contributed by atoms with Crippen LogP contribution in [0.15, 0.2) is 48.5 Å². The second kappa shape index (κ2) is 10.4. The van der Waals surface area contributed by atoms with Gasteiger partial charge in [-0.1, -0.05) is 30.2 Å². The minimum atomic E-state index is 0.0833. The molecule has 0 spiro atoms. The Morgan fingerprint density at radius 1 is 0.939 bits per heavy atom. The first-order valence-electron chi connectivity index (χ1n) is 12.4. The van der Waals surface area contributed by atoms with Gasteiger partial charge in [-0.15, -0.1) is 0 Å². The van der Waals surface area contributed by atoms with Crippen molar-refractivity contribution in [2.75, 3.05) is 57.3 Å². The normalized spacial score (nSPS) is 23.1. The van der Waals surface area contributed by atoms with Gasteiger partial charge in [-0.25, -0.2) is 0 Å². The number of ether oxygens (including phenoxy) is 1. The summed E-state index contributed by atoms with van der Waals surface area (Å²) in [6.45, 7) is 7.39. The summed E-state index contributed by atoms with van der Waals surface area (Å²) in [6.07, 6.45) is 5.35. The number of rotatable bonds is 7. The molecule has 2 aliphatic heterocycles. The summed E-state index contributed by atoms with van der Waals surface area (Å²) in [7, 11) is 0. The Balaban J connectivity index is 1.05. The standard InChI is InChI=1S/C27H34ClN3O2/c28-25-7-1-2-8-26(25)30-14-16-31(17-15-30)27(32)21-9-11-24(12-10-21)33-18-4-13-29-19-22-5-3-6-23(22)20-29/h1-2,7-12,22-23H,3-6,13-20H2. The molecule has 2 heterocycles. The molecule has 3 fully saturated rings. The number of halogens is 1.